The number of nitrogens with zero attached hydrogens (tertiary/aromatic N) is 6. The normalized spacial score (nSPS) is 12.6. The van der Waals surface area contributed by atoms with Crippen LogP contribution in [0.2, 0.25) is 0 Å². The summed E-state index contributed by atoms with van der Waals surface area (Å²) in [6.07, 6.45) is 3.55. The van der Waals surface area contributed by atoms with Crippen LogP contribution in [-0.2, 0) is 30.4 Å². The molecule has 0 fully saturated rings. The third-order valence-corrected chi connectivity index (χ3v) is 13.4. The van der Waals surface area contributed by atoms with Crippen LogP contribution in [0, 0.1) is 6.92 Å². The maximum absolute atomic E-state index is 14.1. The minimum atomic E-state index is -0.405. The van der Waals surface area contributed by atoms with Gasteiger partial charge in [-0.2, -0.15) is 0 Å². The highest BCUT2D eigenvalue weighted by atomic mass is 32.2. The summed E-state index contributed by atoms with van der Waals surface area (Å²) in [7, 11) is 1.79. The van der Waals surface area contributed by atoms with Crippen molar-refractivity contribution in [2.24, 2.45) is 7.05 Å². The highest BCUT2D eigenvalue weighted by Crippen LogP contribution is 2.39. The topological polar surface area (TPSA) is 129 Å². The molecule has 53 heavy (non-hydrogen) atoms. The van der Waals surface area contributed by atoms with E-state index in [0.717, 1.165) is 62.2 Å². The number of thiazole rings is 1. The molecule has 1 aliphatic rings. The fourth-order valence-corrected chi connectivity index (χ4v) is 10.5. The van der Waals surface area contributed by atoms with Crippen LogP contribution >= 0.6 is 46.2 Å². The molecular formula is C38H34N8O3S4. The molecule has 0 radical (unpaired) electrons. The van der Waals surface area contributed by atoms with Crippen LogP contribution in [0.25, 0.3) is 21.6 Å². The van der Waals surface area contributed by atoms with Gasteiger partial charge in [-0.1, -0.05) is 72.1 Å². The van der Waals surface area contributed by atoms with E-state index in [4.69, 9.17) is 4.98 Å². The molecule has 0 bridgehead atoms. The molecule has 0 spiro atoms. The molecule has 8 rings (SSSR count). The Hall–Kier alpha value is -4.96. The molecule has 0 aliphatic heterocycles. The summed E-state index contributed by atoms with van der Waals surface area (Å²) in [6.45, 7) is 1.80. The van der Waals surface area contributed by atoms with Crippen LogP contribution in [0.5, 0.6) is 0 Å². The standard InChI is InChI=1S/C38H34N8O3S4/c1-23-33(36(49)46(44(23)2)25-15-7-4-8-16-25)41-34(48)32-26-17-9-11-19-28(26)52-35(32)40-31(47)22-50-37-43-42-30(45(37)24-13-5-3-6-14-24)21-51-38-39-27-18-10-12-20-29(27)53-38/h3-8,10,12-16,18,20H,9,11,17,19,21-22H2,1-2H3,(H,40,47)(H,41,48). The van der Waals surface area contributed by atoms with E-state index in [-0.39, 0.29) is 22.9 Å². The van der Waals surface area contributed by atoms with Gasteiger partial charge in [0.1, 0.15) is 16.5 Å². The molecule has 2 amide bonds. The zero-order valence-electron chi connectivity index (χ0n) is 28.9. The van der Waals surface area contributed by atoms with E-state index in [1.807, 2.05) is 83.4 Å². The monoisotopic (exact) mass is 778 g/mol. The number of thiophene rings is 1. The van der Waals surface area contributed by atoms with Gasteiger partial charge in [0.25, 0.3) is 11.5 Å². The molecular weight excluding hydrogens is 745 g/mol. The lowest BCUT2D eigenvalue weighted by Gasteiger charge is -2.13. The van der Waals surface area contributed by atoms with Crippen LogP contribution in [0.3, 0.4) is 0 Å². The fourth-order valence-electron chi connectivity index (χ4n) is 6.44. The second kappa shape index (κ2) is 15.2. The Morgan fingerprint density at radius 3 is 2.34 bits per heavy atom. The van der Waals surface area contributed by atoms with Gasteiger partial charge in [0.15, 0.2) is 9.50 Å². The van der Waals surface area contributed by atoms with Crippen molar-refractivity contribution in [3.05, 3.63) is 123 Å². The smallest absolute Gasteiger partial charge is 0.295 e. The zero-order valence-corrected chi connectivity index (χ0v) is 32.1. The minimum Gasteiger partial charge on any atom is -0.316 e. The molecule has 15 heteroatoms. The van der Waals surface area contributed by atoms with E-state index >= 15 is 0 Å². The third-order valence-electron chi connectivity index (χ3n) is 9.09. The van der Waals surface area contributed by atoms with Crippen LogP contribution in [0.4, 0.5) is 10.7 Å². The van der Waals surface area contributed by atoms with Crippen LogP contribution < -0.4 is 16.2 Å². The lowest BCUT2D eigenvalue weighted by Crippen LogP contribution is -2.24. The first-order valence-electron chi connectivity index (χ1n) is 17.1. The van der Waals surface area contributed by atoms with Gasteiger partial charge in [0, 0.05) is 17.6 Å². The number of rotatable bonds is 11. The average Bonchev–Trinajstić information content (AvgIpc) is 3.93. The van der Waals surface area contributed by atoms with Gasteiger partial charge >= 0.3 is 0 Å². The molecule has 2 N–H and O–H groups in total. The second-order valence-corrected chi connectivity index (χ2v) is 16.7. The molecule has 0 atom stereocenters. The SMILES string of the molecule is Cc1c(NC(=O)c2c(NC(=O)CSc3nnc(CSc4nc5ccccc5s4)n3-c3ccccc3)sc3c2CCCC3)c(=O)n(-c2ccccc2)n1C. The third kappa shape index (κ3) is 7.09. The summed E-state index contributed by atoms with van der Waals surface area (Å²) in [5.74, 6) is 0.677. The summed E-state index contributed by atoms with van der Waals surface area (Å²) in [5, 5.41) is 16.1. The summed E-state index contributed by atoms with van der Waals surface area (Å²) in [5.41, 5.74) is 4.45. The van der Waals surface area contributed by atoms with Gasteiger partial charge in [-0.15, -0.1) is 32.9 Å². The molecule has 268 valence electrons. The first-order chi connectivity index (χ1) is 25.9. The molecule has 0 saturated carbocycles. The lowest BCUT2D eigenvalue weighted by atomic mass is 9.95. The Morgan fingerprint density at radius 2 is 1.57 bits per heavy atom. The lowest BCUT2D eigenvalue weighted by molar-refractivity contribution is -0.113. The number of hydrogen-bond donors (Lipinski definition) is 2. The molecule has 11 nitrogen and oxygen atoms in total. The van der Waals surface area contributed by atoms with Crippen molar-refractivity contribution in [3.8, 4) is 11.4 Å². The first-order valence-corrected chi connectivity index (χ1v) is 20.7. The molecule has 7 aromatic rings. The van der Waals surface area contributed by atoms with Crippen molar-refractivity contribution < 1.29 is 9.59 Å². The van der Waals surface area contributed by atoms with Gasteiger partial charge in [-0.05, 0) is 74.6 Å². The first kappa shape index (κ1) is 35.1. The van der Waals surface area contributed by atoms with Gasteiger partial charge in [-0.25, -0.2) is 9.67 Å². The number of amides is 2. The van der Waals surface area contributed by atoms with Crippen molar-refractivity contribution in [1.29, 1.82) is 0 Å². The van der Waals surface area contributed by atoms with Crippen molar-refractivity contribution >= 4 is 78.9 Å². The van der Waals surface area contributed by atoms with E-state index in [0.29, 0.717) is 32.9 Å². The number of fused-ring (bicyclic) bond motifs is 2. The van der Waals surface area contributed by atoms with E-state index in [2.05, 4.69) is 26.9 Å². The van der Waals surface area contributed by atoms with Crippen LogP contribution in [0.1, 0.15) is 45.2 Å². The van der Waals surface area contributed by atoms with Crippen molar-refractivity contribution in [2.75, 3.05) is 16.4 Å². The quantitative estimate of drug-likeness (QED) is 0.127. The van der Waals surface area contributed by atoms with Gasteiger partial charge in [0.2, 0.25) is 5.91 Å². The van der Waals surface area contributed by atoms with E-state index < -0.39 is 5.91 Å². The number of nitrogens with one attached hydrogen (secondary N) is 2. The number of thioether (sulfide) groups is 2. The Labute approximate surface area is 321 Å². The maximum atomic E-state index is 14.1. The highest BCUT2D eigenvalue weighted by Gasteiger charge is 2.29. The number of aromatic nitrogens is 6. The molecule has 3 aromatic carbocycles. The van der Waals surface area contributed by atoms with Crippen molar-refractivity contribution in [1.82, 2.24) is 29.1 Å². The van der Waals surface area contributed by atoms with Gasteiger partial charge in [0.05, 0.1) is 38.7 Å². The molecule has 1 aliphatic carbocycles. The predicted octanol–water partition coefficient (Wildman–Crippen LogP) is 7.89. The number of para-hydroxylation sites is 3. The molecule has 0 saturated heterocycles. The Kier molecular flexibility index (Phi) is 10.1. The van der Waals surface area contributed by atoms with Gasteiger partial charge in [-0.3, -0.25) is 23.6 Å². The number of carbonyl (C=O) groups is 2. The van der Waals surface area contributed by atoms with Gasteiger partial charge < -0.3 is 10.6 Å². The molecule has 0 unspecified atom stereocenters. The Balaban J connectivity index is 1.01. The highest BCUT2D eigenvalue weighted by molar-refractivity contribution is 8.00. The van der Waals surface area contributed by atoms with E-state index in [1.165, 1.54) is 27.8 Å². The van der Waals surface area contributed by atoms with Crippen molar-refractivity contribution in [3.63, 3.8) is 0 Å². The van der Waals surface area contributed by atoms with E-state index in [1.54, 1.807) is 41.8 Å². The summed E-state index contributed by atoms with van der Waals surface area (Å²) in [4.78, 5) is 47.1. The van der Waals surface area contributed by atoms with Crippen LogP contribution in [-0.4, -0.2) is 46.7 Å². The molecule has 4 aromatic heterocycles. The summed E-state index contributed by atoms with van der Waals surface area (Å²) < 4.78 is 7.33. The second-order valence-electron chi connectivity index (χ2n) is 12.4. The van der Waals surface area contributed by atoms with E-state index in [9.17, 15) is 14.4 Å². The summed E-state index contributed by atoms with van der Waals surface area (Å²) in [6, 6.07) is 27.2. The largest absolute Gasteiger partial charge is 0.316 e. The van der Waals surface area contributed by atoms with Crippen molar-refractivity contribution in [2.45, 2.75) is 47.9 Å². The zero-order chi connectivity index (χ0) is 36.5. The Bertz CT molecular complexity index is 2480. The Morgan fingerprint density at radius 1 is 0.849 bits per heavy atom. The van der Waals surface area contributed by atoms with Crippen LogP contribution in [0.15, 0.2) is 99.2 Å². The summed E-state index contributed by atoms with van der Waals surface area (Å²) >= 11 is 5.98. The number of hydrogen-bond acceptors (Lipinski definition) is 10. The predicted molar refractivity (Wildman–Crippen MR) is 215 cm³/mol. The number of benzene rings is 3. The fraction of sp³-hybridized carbons (Fsp3) is 0.211. The maximum Gasteiger partial charge on any atom is 0.295 e. The molecule has 4 heterocycles. The number of aryl methyl sites for hydroxylation is 1. The number of anilines is 2. The average molecular weight is 779 g/mol. The number of carbonyl (C=O) groups excluding carboxylic acids is 2. The minimum absolute atomic E-state index is 0.0547.